The van der Waals surface area contributed by atoms with Crippen LogP contribution >= 0.6 is 23.2 Å². The molecule has 7 heteroatoms. The Morgan fingerprint density at radius 1 is 1.07 bits per heavy atom. The first-order chi connectivity index (χ1) is 13.6. The lowest BCUT2D eigenvalue weighted by Crippen LogP contribution is -2.47. The molecule has 4 nitrogen and oxygen atoms in total. The van der Waals surface area contributed by atoms with Gasteiger partial charge in [-0.2, -0.15) is 0 Å². The van der Waals surface area contributed by atoms with Gasteiger partial charge in [0.1, 0.15) is 11.8 Å². The molecule has 0 N–H and O–H groups in total. The summed E-state index contributed by atoms with van der Waals surface area (Å²) < 4.78 is 22.8. The molecule has 1 saturated heterocycles. The van der Waals surface area contributed by atoms with E-state index in [1.54, 1.807) is 20.8 Å². The van der Waals surface area contributed by atoms with E-state index in [4.69, 9.17) is 27.9 Å². The molecule has 29 heavy (non-hydrogen) atoms. The van der Waals surface area contributed by atoms with Gasteiger partial charge in [0.2, 0.25) is 0 Å². The van der Waals surface area contributed by atoms with Gasteiger partial charge in [0, 0.05) is 38.4 Å². The summed E-state index contributed by atoms with van der Waals surface area (Å²) in [5, 5.41) is 3.12. The Balaban J connectivity index is 1.71. The summed E-state index contributed by atoms with van der Waals surface area (Å²) in [6, 6.07) is 10.8. The van der Waals surface area contributed by atoms with Gasteiger partial charge in [0.05, 0.1) is 12.6 Å². The maximum absolute atomic E-state index is 15.3. The summed E-state index contributed by atoms with van der Waals surface area (Å²) in [4.78, 5) is 13.8. The maximum atomic E-state index is 15.3. The van der Waals surface area contributed by atoms with Gasteiger partial charge in [0.25, 0.3) is 0 Å². The monoisotopic (exact) mass is 436 g/mol. The number of halogens is 3. The second-order valence-corrected chi connectivity index (χ2v) is 9.36. The van der Waals surface area contributed by atoms with Crippen LogP contribution in [-0.4, -0.2) is 40.4 Å². The Labute approximate surface area is 179 Å². The summed E-state index contributed by atoms with van der Waals surface area (Å²) in [7, 11) is 0. The minimum atomic E-state index is -1.22. The zero-order valence-corrected chi connectivity index (χ0v) is 18.1. The molecule has 2 unspecified atom stereocenters. The van der Waals surface area contributed by atoms with Crippen molar-refractivity contribution in [2.45, 2.75) is 45.0 Å². The van der Waals surface area contributed by atoms with Crippen LogP contribution in [0.5, 0.6) is 0 Å². The Morgan fingerprint density at radius 2 is 1.62 bits per heavy atom. The molecule has 1 fully saturated rings. The first kappa shape index (κ1) is 20.3. The average molecular weight is 437 g/mol. The number of amides is 1. The predicted octanol–water partition coefficient (Wildman–Crippen LogP) is 6.62. The molecular formula is C22H23Cl2FN2O2. The van der Waals surface area contributed by atoms with Gasteiger partial charge in [-0.1, -0.05) is 23.2 Å². The Hall–Kier alpha value is -1.98. The van der Waals surface area contributed by atoms with Crippen molar-refractivity contribution in [2.24, 2.45) is 0 Å². The Kier molecular flexibility index (Phi) is 5.16. The number of likely N-dealkylation sites (tertiary alicyclic amines) is 1. The molecule has 1 aliphatic heterocycles. The van der Waals surface area contributed by atoms with Crippen LogP contribution in [0.3, 0.4) is 0 Å². The van der Waals surface area contributed by atoms with Crippen LogP contribution in [0.15, 0.2) is 36.4 Å². The molecule has 1 amide bonds. The molecule has 1 aromatic heterocycles. The third kappa shape index (κ3) is 3.90. The molecular weight excluding hydrogens is 414 g/mol. The molecule has 0 radical (unpaired) electrons. The fraction of sp³-hybridized carbons (Fsp3) is 0.409. The molecule has 0 saturated carbocycles. The van der Waals surface area contributed by atoms with Crippen LogP contribution in [0, 0.1) is 0 Å². The van der Waals surface area contributed by atoms with Gasteiger partial charge < -0.3 is 14.2 Å². The standard InChI is InChI=1S/C22H23Cl2FN2O2/c1-22(2,3)29-21(28)26-9-8-20(17(25)12-26)27-18-6-4-13(23)10-15(18)16-11-14(24)5-7-19(16)27/h4-7,10-11,17,20H,8-9,12H2,1-3H3. The minimum absolute atomic E-state index is 0.00191. The zero-order valence-electron chi connectivity index (χ0n) is 16.6. The van der Waals surface area contributed by atoms with Crippen molar-refractivity contribution >= 4 is 51.1 Å². The number of piperidine rings is 1. The summed E-state index contributed by atoms with van der Waals surface area (Å²) in [6.45, 7) is 5.85. The first-order valence-electron chi connectivity index (χ1n) is 9.65. The van der Waals surface area contributed by atoms with Gasteiger partial charge in [-0.15, -0.1) is 0 Å². The second kappa shape index (κ2) is 7.37. The fourth-order valence-electron chi connectivity index (χ4n) is 4.03. The van der Waals surface area contributed by atoms with Gasteiger partial charge in [-0.25, -0.2) is 9.18 Å². The summed E-state index contributed by atoms with van der Waals surface area (Å²) >= 11 is 12.4. The van der Waals surface area contributed by atoms with Crippen LogP contribution in [0.25, 0.3) is 21.8 Å². The highest BCUT2D eigenvalue weighted by atomic mass is 35.5. The lowest BCUT2D eigenvalue weighted by molar-refractivity contribution is 0.00738. The Bertz CT molecular complexity index is 1030. The van der Waals surface area contributed by atoms with E-state index >= 15 is 4.39 Å². The van der Waals surface area contributed by atoms with Crippen LogP contribution in [0.1, 0.15) is 33.2 Å². The molecule has 3 aromatic rings. The molecule has 154 valence electrons. The number of benzene rings is 2. The summed E-state index contributed by atoms with van der Waals surface area (Å²) in [6.07, 6.45) is -1.20. The summed E-state index contributed by atoms with van der Waals surface area (Å²) in [5.74, 6) is 0. The topological polar surface area (TPSA) is 34.5 Å². The van der Waals surface area contributed by atoms with Gasteiger partial charge in [-0.05, 0) is 63.6 Å². The molecule has 4 rings (SSSR count). The van der Waals surface area contributed by atoms with E-state index in [-0.39, 0.29) is 6.54 Å². The van der Waals surface area contributed by atoms with Gasteiger partial charge >= 0.3 is 6.09 Å². The lowest BCUT2D eigenvalue weighted by Gasteiger charge is -2.36. The van der Waals surface area contributed by atoms with Crippen LogP contribution in [-0.2, 0) is 4.74 Å². The van der Waals surface area contributed by atoms with Crippen LogP contribution < -0.4 is 0 Å². The van der Waals surface area contributed by atoms with Crippen LogP contribution in [0.2, 0.25) is 10.0 Å². The number of rotatable bonds is 1. The number of nitrogens with zero attached hydrogens (tertiary/aromatic N) is 2. The van der Waals surface area contributed by atoms with E-state index in [2.05, 4.69) is 0 Å². The van der Waals surface area contributed by atoms with E-state index < -0.39 is 23.9 Å². The van der Waals surface area contributed by atoms with Crippen molar-refractivity contribution in [1.29, 1.82) is 0 Å². The molecule has 2 aromatic carbocycles. The van der Waals surface area contributed by atoms with E-state index in [1.807, 2.05) is 41.0 Å². The third-order valence-electron chi connectivity index (χ3n) is 5.22. The third-order valence-corrected chi connectivity index (χ3v) is 5.69. The van der Waals surface area contributed by atoms with Crippen molar-refractivity contribution in [3.05, 3.63) is 46.4 Å². The zero-order chi connectivity index (χ0) is 20.9. The van der Waals surface area contributed by atoms with Gasteiger partial charge in [0.15, 0.2) is 0 Å². The van der Waals surface area contributed by atoms with Crippen molar-refractivity contribution in [2.75, 3.05) is 13.1 Å². The van der Waals surface area contributed by atoms with Crippen molar-refractivity contribution < 1.29 is 13.9 Å². The predicted molar refractivity (Wildman–Crippen MR) is 116 cm³/mol. The lowest BCUT2D eigenvalue weighted by atomic mass is 10.0. The highest BCUT2D eigenvalue weighted by molar-refractivity contribution is 6.33. The molecule has 0 spiro atoms. The number of carbonyl (C=O) groups excluding carboxylic acids is 1. The average Bonchev–Trinajstić information content (AvgIpc) is 2.93. The second-order valence-electron chi connectivity index (χ2n) is 8.49. The first-order valence-corrected chi connectivity index (χ1v) is 10.4. The molecule has 1 aliphatic rings. The largest absolute Gasteiger partial charge is 0.444 e. The fourth-order valence-corrected chi connectivity index (χ4v) is 4.38. The number of hydrogen-bond donors (Lipinski definition) is 0. The van der Waals surface area contributed by atoms with Crippen LogP contribution in [0.4, 0.5) is 9.18 Å². The number of hydrogen-bond acceptors (Lipinski definition) is 2. The molecule has 0 bridgehead atoms. The highest BCUT2D eigenvalue weighted by Gasteiger charge is 2.35. The van der Waals surface area contributed by atoms with Gasteiger partial charge in [-0.3, -0.25) is 0 Å². The quantitative estimate of drug-likeness (QED) is 0.429. The number of ether oxygens (including phenoxy) is 1. The van der Waals surface area contributed by atoms with Crippen molar-refractivity contribution in [3.8, 4) is 0 Å². The normalized spacial score (nSPS) is 20.4. The smallest absolute Gasteiger partial charge is 0.410 e. The number of alkyl halides is 1. The number of fused-ring (bicyclic) bond motifs is 3. The number of carbonyl (C=O) groups is 1. The molecule has 2 heterocycles. The number of aromatic nitrogens is 1. The van der Waals surface area contributed by atoms with E-state index in [9.17, 15) is 4.79 Å². The van der Waals surface area contributed by atoms with E-state index in [1.165, 1.54) is 4.90 Å². The highest BCUT2D eigenvalue weighted by Crippen LogP contribution is 2.38. The summed E-state index contributed by atoms with van der Waals surface area (Å²) in [5.41, 5.74) is 1.21. The van der Waals surface area contributed by atoms with Crippen molar-refractivity contribution in [1.82, 2.24) is 9.47 Å². The van der Waals surface area contributed by atoms with E-state index in [0.717, 1.165) is 21.8 Å². The maximum Gasteiger partial charge on any atom is 0.410 e. The SMILES string of the molecule is CC(C)(C)OC(=O)N1CCC(n2c3ccc(Cl)cc3c3cc(Cl)ccc32)C(F)C1. The van der Waals surface area contributed by atoms with E-state index in [0.29, 0.717) is 23.0 Å². The minimum Gasteiger partial charge on any atom is -0.444 e. The molecule has 0 aliphatic carbocycles. The van der Waals surface area contributed by atoms with Crippen molar-refractivity contribution in [3.63, 3.8) is 0 Å². The Morgan fingerprint density at radius 3 is 2.10 bits per heavy atom. The molecule has 2 atom stereocenters.